The van der Waals surface area contributed by atoms with Crippen LogP contribution < -0.4 is 5.73 Å². The number of amidine groups is 1. The number of nitrogens with two attached hydrogens (primary N) is 1. The van der Waals surface area contributed by atoms with Crippen molar-refractivity contribution >= 4 is 35.1 Å². The number of ketones is 1. The van der Waals surface area contributed by atoms with Crippen LogP contribution in [0.15, 0.2) is 41.7 Å². The summed E-state index contributed by atoms with van der Waals surface area (Å²) in [5.74, 6) is 1.63. The summed E-state index contributed by atoms with van der Waals surface area (Å²) in [6.45, 7) is 3.89. The number of aliphatic imine (C=N–C) groups is 1. The summed E-state index contributed by atoms with van der Waals surface area (Å²) in [7, 11) is 0. The van der Waals surface area contributed by atoms with Gasteiger partial charge in [0.05, 0.1) is 11.1 Å². The SMILES string of the molecule is Cc1ncc(C(=O)Cc2cccc([C@]3(C)CCSC(N)=N3)c2)cn1.Cl. The molecule has 2 aromatic rings. The first-order valence-corrected chi connectivity index (χ1v) is 8.84. The zero-order valence-electron chi connectivity index (χ0n) is 14.2. The lowest BCUT2D eigenvalue weighted by Gasteiger charge is -2.30. The highest BCUT2D eigenvalue weighted by molar-refractivity contribution is 8.13. The molecule has 0 aliphatic carbocycles. The molecule has 2 N–H and O–H groups in total. The molecule has 1 atom stereocenters. The molecule has 5 nitrogen and oxygen atoms in total. The van der Waals surface area contributed by atoms with E-state index in [1.807, 2.05) is 12.1 Å². The molecule has 0 saturated heterocycles. The minimum Gasteiger partial charge on any atom is -0.379 e. The van der Waals surface area contributed by atoms with Crippen molar-refractivity contribution in [2.24, 2.45) is 10.7 Å². The highest BCUT2D eigenvalue weighted by Gasteiger charge is 2.29. The number of rotatable bonds is 4. The molecule has 132 valence electrons. The first kappa shape index (κ1) is 19.4. The number of Topliss-reactive ketones (excluding diaryl/α,β-unsaturated/α-hetero) is 1. The Kier molecular flexibility index (Phi) is 6.19. The summed E-state index contributed by atoms with van der Waals surface area (Å²) in [4.78, 5) is 25.2. The van der Waals surface area contributed by atoms with Crippen LogP contribution in [0, 0.1) is 6.92 Å². The van der Waals surface area contributed by atoms with E-state index in [2.05, 4.69) is 34.0 Å². The molecule has 0 saturated carbocycles. The highest BCUT2D eigenvalue weighted by atomic mass is 35.5. The van der Waals surface area contributed by atoms with Crippen molar-refractivity contribution in [2.45, 2.75) is 32.2 Å². The Labute approximate surface area is 158 Å². The van der Waals surface area contributed by atoms with Crippen LogP contribution in [0.1, 0.15) is 40.7 Å². The molecule has 1 aromatic carbocycles. The largest absolute Gasteiger partial charge is 0.379 e. The second-order valence-electron chi connectivity index (χ2n) is 6.14. The number of carbonyl (C=O) groups excluding carboxylic acids is 1. The summed E-state index contributed by atoms with van der Waals surface area (Å²) in [5, 5.41) is 0.627. The van der Waals surface area contributed by atoms with Gasteiger partial charge in [-0.3, -0.25) is 9.79 Å². The monoisotopic (exact) mass is 376 g/mol. The van der Waals surface area contributed by atoms with Crippen molar-refractivity contribution < 1.29 is 4.79 Å². The van der Waals surface area contributed by atoms with E-state index in [-0.39, 0.29) is 23.7 Å². The molecular formula is C18H21ClN4OS. The van der Waals surface area contributed by atoms with E-state index >= 15 is 0 Å². The van der Waals surface area contributed by atoms with Gasteiger partial charge in [0.25, 0.3) is 0 Å². The molecular weight excluding hydrogens is 356 g/mol. The van der Waals surface area contributed by atoms with E-state index in [1.165, 1.54) is 0 Å². The van der Waals surface area contributed by atoms with Crippen LogP contribution in [0.3, 0.4) is 0 Å². The van der Waals surface area contributed by atoms with Gasteiger partial charge in [0.2, 0.25) is 0 Å². The molecule has 3 rings (SSSR count). The summed E-state index contributed by atoms with van der Waals surface area (Å²) >= 11 is 1.59. The van der Waals surface area contributed by atoms with Crippen molar-refractivity contribution in [3.8, 4) is 0 Å². The molecule has 2 heterocycles. The Bertz CT molecular complexity index is 794. The molecule has 7 heteroatoms. The zero-order valence-corrected chi connectivity index (χ0v) is 15.9. The highest BCUT2D eigenvalue weighted by Crippen LogP contribution is 2.35. The quantitative estimate of drug-likeness (QED) is 0.828. The van der Waals surface area contributed by atoms with Gasteiger partial charge >= 0.3 is 0 Å². The molecule has 1 aliphatic rings. The Morgan fingerprint density at radius 2 is 2.04 bits per heavy atom. The van der Waals surface area contributed by atoms with E-state index in [0.29, 0.717) is 23.0 Å². The number of thioether (sulfide) groups is 1. The molecule has 0 bridgehead atoms. The lowest BCUT2D eigenvalue weighted by Crippen LogP contribution is -2.28. The number of aromatic nitrogens is 2. The van der Waals surface area contributed by atoms with Crippen LogP contribution in [0.4, 0.5) is 0 Å². The van der Waals surface area contributed by atoms with Crippen molar-refractivity contribution in [2.75, 3.05) is 5.75 Å². The van der Waals surface area contributed by atoms with E-state index in [0.717, 1.165) is 23.3 Å². The predicted molar refractivity (Wildman–Crippen MR) is 105 cm³/mol. The number of hydrogen-bond acceptors (Lipinski definition) is 6. The number of halogens is 1. The lowest BCUT2D eigenvalue weighted by atomic mass is 9.88. The molecule has 25 heavy (non-hydrogen) atoms. The summed E-state index contributed by atoms with van der Waals surface area (Å²) < 4.78 is 0. The van der Waals surface area contributed by atoms with Crippen molar-refractivity contribution in [1.82, 2.24) is 9.97 Å². The molecule has 0 unspecified atom stereocenters. The third kappa shape index (κ3) is 4.58. The van der Waals surface area contributed by atoms with E-state index in [9.17, 15) is 4.79 Å². The van der Waals surface area contributed by atoms with Crippen LogP contribution in [-0.2, 0) is 12.0 Å². The van der Waals surface area contributed by atoms with Crippen molar-refractivity contribution in [3.63, 3.8) is 0 Å². The van der Waals surface area contributed by atoms with Crippen LogP contribution in [0.5, 0.6) is 0 Å². The molecule has 0 spiro atoms. The van der Waals surface area contributed by atoms with Gasteiger partial charge in [0.15, 0.2) is 11.0 Å². The average molecular weight is 377 g/mol. The summed E-state index contributed by atoms with van der Waals surface area (Å²) in [5.41, 5.74) is 8.18. The van der Waals surface area contributed by atoms with Gasteiger partial charge in [-0.25, -0.2) is 9.97 Å². The Hall–Kier alpha value is -1.92. The van der Waals surface area contributed by atoms with Crippen molar-refractivity contribution in [3.05, 3.63) is 59.2 Å². The van der Waals surface area contributed by atoms with Crippen LogP contribution in [-0.4, -0.2) is 26.7 Å². The van der Waals surface area contributed by atoms with Crippen LogP contribution in [0.2, 0.25) is 0 Å². The second kappa shape index (κ2) is 7.97. The van der Waals surface area contributed by atoms with E-state index < -0.39 is 0 Å². The average Bonchev–Trinajstić information content (AvgIpc) is 2.55. The predicted octanol–water partition coefficient (Wildman–Crippen LogP) is 3.30. The molecule has 1 aliphatic heterocycles. The minimum atomic E-state index is -0.318. The number of carbonyl (C=O) groups is 1. The van der Waals surface area contributed by atoms with E-state index in [1.54, 1.807) is 31.1 Å². The maximum atomic E-state index is 12.4. The van der Waals surface area contributed by atoms with Gasteiger partial charge in [-0.15, -0.1) is 12.4 Å². The van der Waals surface area contributed by atoms with Gasteiger partial charge in [-0.05, 0) is 31.4 Å². The summed E-state index contributed by atoms with van der Waals surface area (Å²) in [6, 6.07) is 8.04. The third-order valence-corrected chi connectivity index (χ3v) is 5.01. The van der Waals surface area contributed by atoms with E-state index in [4.69, 9.17) is 5.73 Å². The molecule has 1 aromatic heterocycles. The molecule has 0 amide bonds. The topological polar surface area (TPSA) is 81.2 Å². The van der Waals surface area contributed by atoms with Crippen molar-refractivity contribution in [1.29, 1.82) is 0 Å². The first-order valence-electron chi connectivity index (χ1n) is 7.86. The Balaban J connectivity index is 0.00000225. The molecule has 0 radical (unpaired) electrons. The standard InChI is InChI=1S/C18H20N4OS.ClH/c1-12-20-10-14(11-21-12)16(23)9-13-4-3-5-15(8-13)18(2)6-7-24-17(19)22-18;/h3-5,8,10-11H,6-7,9H2,1-2H3,(H2,19,22);1H/t18-;/m0./s1. The van der Waals surface area contributed by atoms with Gasteiger partial charge < -0.3 is 5.73 Å². The van der Waals surface area contributed by atoms with Crippen LogP contribution in [0.25, 0.3) is 0 Å². The fourth-order valence-corrected chi connectivity index (χ4v) is 3.71. The van der Waals surface area contributed by atoms with Gasteiger partial charge in [-0.1, -0.05) is 36.0 Å². The Morgan fingerprint density at radius 1 is 1.32 bits per heavy atom. The Morgan fingerprint density at radius 3 is 2.72 bits per heavy atom. The number of aryl methyl sites for hydroxylation is 1. The fourth-order valence-electron chi connectivity index (χ4n) is 2.73. The second-order valence-corrected chi connectivity index (χ2v) is 7.26. The fraction of sp³-hybridized carbons (Fsp3) is 0.333. The van der Waals surface area contributed by atoms with Gasteiger partial charge in [0.1, 0.15) is 5.82 Å². The maximum absolute atomic E-state index is 12.4. The van der Waals surface area contributed by atoms with Gasteiger partial charge in [0, 0.05) is 24.6 Å². The molecule has 0 fully saturated rings. The maximum Gasteiger partial charge on any atom is 0.170 e. The number of nitrogens with zero attached hydrogens (tertiary/aromatic N) is 3. The first-order chi connectivity index (χ1) is 11.5. The number of hydrogen-bond donors (Lipinski definition) is 1. The third-order valence-electron chi connectivity index (χ3n) is 4.21. The zero-order chi connectivity index (χ0) is 17.2. The normalized spacial score (nSPS) is 19.7. The van der Waals surface area contributed by atoms with Gasteiger partial charge in [-0.2, -0.15) is 0 Å². The van der Waals surface area contributed by atoms with Crippen LogP contribution >= 0.6 is 24.2 Å². The smallest absolute Gasteiger partial charge is 0.170 e. The summed E-state index contributed by atoms with van der Waals surface area (Å²) in [6.07, 6.45) is 4.42. The minimum absolute atomic E-state index is 0. The number of benzene rings is 1. The lowest BCUT2D eigenvalue weighted by molar-refractivity contribution is 0.0992.